The third-order valence-corrected chi connectivity index (χ3v) is 5.66. The van der Waals surface area contributed by atoms with Crippen LogP contribution in [-0.4, -0.2) is 72.3 Å². The van der Waals surface area contributed by atoms with Gasteiger partial charge in [-0.25, -0.2) is 0 Å². The summed E-state index contributed by atoms with van der Waals surface area (Å²) in [6, 6.07) is 10.1. The van der Waals surface area contributed by atoms with Crippen LogP contribution in [0.15, 0.2) is 30.3 Å². The Kier molecular flexibility index (Phi) is 6.67. The summed E-state index contributed by atoms with van der Waals surface area (Å²) >= 11 is 0. The van der Waals surface area contributed by atoms with Crippen LogP contribution < -0.4 is 0 Å². The summed E-state index contributed by atoms with van der Waals surface area (Å²) in [5, 5.41) is 0. The van der Waals surface area contributed by atoms with Gasteiger partial charge in [0.25, 0.3) is 0 Å². The number of carbonyl (C=O) groups excluding carboxylic acids is 2. The van der Waals surface area contributed by atoms with Gasteiger partial charge in [-0.2, -0.15) is 0 Å². The number of likely N-dealkylation sites (tertiary alicyclic amines) is 1. The van der Waals surface area contributed by atoms with E-state index < -0.39 is 0 Å². The highest BCUT2D eigenvalue weighted by atomic mass is 16.2. The molecule has 1 aromatic carbocycles. The first-order valence-electron chi connectivity index (χ1n) is 10.0. The first-order valence-corrected chi connectivity index (χ1v) is 10.0. The minimum atomic E-state index is -0.0577. The van der Waals surface area contributed by atoms with Crippen LogP contribution in [0.5, 0.6) is 0 Å². The highest BCUT2D eigenvalue weighted by Gasteiger charge is 2.28. The molecule has 2 aliphatic rings. The summed E-state index contributed by atoms with van der Waals surface area (Å²) in [6.07, 6.45) is 4.32. The first kappa shape index (κ1) is 18.9. The van der Waals surface area contributed by atoms with Gasteiger partial charge >= 0.3 is 0 Å². The number of hydrogen-bond donors (Lipinski definition) is 0. The Balaban J connectivity index is 1.49. The lowest BCUT2D eigenvalue weighted by molar-refractivity contribution is -0.136. The average Bonchev–Trinajstić information content (AvgIpc) is 2.70. The average molecular weight is 357 g/mol. The van der Waals surface area contributed by atoms with E-state index in [9.17, 15) is 9.59 Å². The molecule has 5 nitrogen and oxygen atoms in total. The Bertz CT molecular complexity index is 591. The normalized spacial score (nSPS) is 20.0. The van der Waals surface area contributed by atoms with Gasteiger partial charge in [0.2, 0.25) is 11.8 Å². The molecule has 1 aromatic rings. The zero-order valence-corrected chi connectivity index (χ0v) is 15.9. The molecular weight excluding hydrogens is 326 g/mol. The fraction of sp³-hybridized carbons (Fsp3) is 0.619. The van der Waals surface area contributed by atoms with E-state index >= 15 is 0 Å². The quantitative estimate of drug-likeness (QED) is 0.812. The molecule has 2 amide bonds. The van der Waals surface area contributed by atoms with Gasteiger partial charge in [0.15, 0.2) is 0 Å². The molecule has 0 bridgehead atoms. The van der Waals surface area contributed by atoms with Crippen LogP contribution in [0.3, 0.4) is 0 Å². The van der Waals surface area contributed by atoms with Crippen molar-refractivity contribution in [3.8, 4) is 0 Å². The van der Waals surface area contributed by atoms with Crippen LogP contribution in [0.4, 0.5) is 0 Å². The minimum absolute atomic E-state index is 0.0577. The van der Waals surface area contributed by atoms with Crippen LogP contribution in [-0.2, 0) is 9.59 Å². The molecule has 0 aromatic heterocycles. The van der Waals surface area contributed by atoms with Gasteiger partial charge in [-0.3, -0.25) is 14.5 Å². The summed E-state index contributed by atoms with van der Waals surface area (Å²) in [6.45, 7) is 7.40. The molecule has 2 saturated heterocycles. The first-order chi connectivity index (χ1) is 12.7. The predicted octanol–water partition coefficient (Wildman–Crippen LogP) is 2.34. The Morgan fingerprint density at radius 1 is 0.885 bits per heavy atom. The maximum atomic E-state index is 12.9. The van der Waals surface area contributed by atoms with Gasteiger partial charge < -0.3 is 9.80 Å². The third-order valence-electron chi connectivity index (χ3n) is 5.66. The molecule has 2 fully saturated rings. The molecule has 5 heteroatoms. The maximum Gasteiger partial charge on any atom is 0.236 e. The lowest BCUT2D eigenvalue weighted by atomic mass is 9.95. The second-order valence-electron chi connectivity index (χ2n) is 7.41. The largest absolute Gasteiger partial charge is 0.342 e. The Hall–Kier alpha value is -1.88. The monoisotopic (exact) mass is 357 g/mol. The standard InChI is InChI=1S/C21H31N3O2/c1-2-19(18-9-5-3-6-10-18)21(26)24-15-13-22(14-16-24)17-20(25)23-11-7-4-8-12-23/h3,5-6,9-10,19H,2,4,7-8,11-17H2,1H3. The highest BCUT2D eigenvalue weighted by Crippen LogP contribution is 2.22. The molecule has 0 aliphatic carbocycles. The Morgan fingerprint density at radius 2 is 1.54 bits per heavy atom. The summed E-state index contributed by atoms with van der Waals surface area (Å²) < 4.78 is 0. The van der Waals surface area contributed by atoms with Gasteiger partial charge in [-0.1, -0.05) is 37.3 Å². The molecule has 1 unspecified atom stereocenters. The molecule has 0 radical (unpaired) electrons. The zero-order valence-electron chi connectivity index (χ0n) is 15.9. The van der Waals surface area contributed by atoms with Crippen LogP contribution in [0.2, 0.25) is 0 Å². The molecular formula is C21H31N3O2. The summed E-state index contributed by atoms with van der Waals surface area (Å²) in [7, 11) is 0. The minimum Gasteiger partial charge on any atom is -0.342 e. The van der Waals surface area contributed by atoms with Crippen molar-refractivity contribution in [2.24, 2.45) is 0 Å². The van der Waals surface area contributed by atoms with Crippen molar-refractivity contribution < 1.29 is 9.59 Å². The molecule has 3 rings (SSSR count). The van der Waals surface area contributed by atoms with Gasteiger partial charge in [-0.15, -0.1) is 0 Å². The number of benzene rings is 1. The van der Waals surface area contributed by atoms with Crippen molar-refractivity contribution in [1.82, 2.24) is 14.7 Å². The van der Waals surface area contributed by atoms with E-state index in [1.165, 1.54) is 6.42 Å². The number of rotatable bonds is 5. The summed E-state index contributed by atoms with van der Waals surface area (Å²) in [5.74, 6) is 0.415. The number of nitrogens with zero attached hydrogens (tertiary/aromatic N) is 3. The number of hydrogen-bond acceptors (Lipinski definition) is 3. The summed E-state index contributed by atoms with van der Waals surface area (Å²) in [4.78, 5) is 31.5. The molecule has 26 heavy (non-hydrogen) atoms. The van der Waals surface area contributed by atoms with E-state index in [1.54, 1.807) is 0 Å². The maximum absolute atomic E-state index is 12.9. The number of carbonyl (C=O) groups is 2. The molecule has 142 valence electrons. The van der Waals surface area contributed by atoms with Crippen molar-refractivity contribution in [2.45, 2.75) is 38.5 Å². The van der Waals surface area contributed by atoms with Gasteiger partial charge in [0, 0.05) is 39.3 Å². The van der Waals surface area contributed by atoms with Gasteiger partial charge in [0.05, 0.1) is 12.5 Å². The molecule has 2 heterocycles. The highest BCUT2D eigenvalue weighted by molar-refractivity contribution is 5.84. The molecule has 0 spiro atoms. The van der Waals surface area contributed by atoms with E-state index in [2.05, 4.69) is 11.8 Å². The lowest BCUT2D eigenvalue weighted by Gasteiger charge is -2.37. The lowest BCUT2D eigenvalue weighted by Crippen LogP contribution is -2.52. The fourth-order valence-corrected chi connectivity index (χ4v) is 4.02. The van der Waals surface area contributed by atoms with Crippen LogP contribution in [0.1, 0.15) is 44.1 Å². The SMILES string of the molecule is CCC(C(=O)N1CCN(CC(=O)N2CCCCC2)CC1)c1ccccc1. The van der Waals surface area contributed by atoms with Crippen molar-refractivity contribution in [3.63, 3.8) is 0 Å². The zero-order chi connectivity index (χ0) is 18.4. The van der Waals surface area contributed by atoms with Gasteiger partial charge in [-0.05, 0) is 31.2 Å². The van der Waals surface area contributed by atoms with Crippen LogP contribution in [0, 0.1) is 0 Å². The van der Waals surface area contributed by atoms with E-state index in [0.717, 1.165) is 64.1 Å². The van der Waals surface area contributed by atoms with E-state index in [4.69, 9.17) is 0 Å². The number of piperidine rings is 1. The third kappa shape index (κ3) is 4.64. The smallest absolute Gasteiger partial charge is 0.236 e. The van der Waals surface area contributed by atoms with E-state index in [1.807, 2.05) is 40.1 Å². The fourth-order valence-electron chi connectivity index (χ4n) is 4.02. The van der Waals surface area contributed by atoms with Crippen molar-refractivity contribution in [2.75, 3.05) is 45.8 Å². The molecule has 2 aliphatic heterocycles. The van der Waals surface area contributed by atoms with Crippen molar-refractivity contribution in [3.05, 3.63) is 35.9 Å². The Labute approximate surface area is 156 Å². The molecule has 0 saturated carbocycles. The second-order valence-corrected chi connectivity index (χ2v) is 7.41. The van der Waals surface area contributed by atoms with Crippen LogP contribution >= 0.6 is 0 Å². The molecule has 0 N–H and O–H groups in total. The summed E-state index contributed by atoms with van der Waals surface area (Å²) in [5.41, 5.74) is 1.10. The van der Waals surface area contributed by atoms with Crippen LogP contribution in [0.25, 0.3) is 0 Å². The second kappa shape index (κ2) is 9.17. The van der Waals surface area contributed by atoms with Gasteiger partial charge in [0.1, 0.15) is 0 Å². The van der Waals surface area contributed by atoms with E-state index in [0.29, 0.717) is 6.54 Å². The predicted molar refractivity (Wildman–Crippen MR) is 103 cm³/mol. The molecule has 1 atom stereocenters. The number of piperazine rings is 1. The number of amides is 2. The Morgan fingerprint density at radius 3 is 2.15 bits per heavy atom. The topological polar surface area (TPSA) is 43.9 Å². The van der Waals surface area contributed by atoms with Crippen molar-refractivity contribution in [1.29, 1.82) is 0 Å². The van der Waals surface area contributed by atoms with Crippen molar-refractivity contribution >= 4 is 11.8 Å². The van der Waals surface area contributed by atoms with E-state index in [-0.39, 0.29) is 17.7 Å².